The molecule has 0 amide bonds. The molecule has 0 aromatic heterocycles. The monoisotopic (exact) mass is 171 g/mol. The molecule has 2 heteroatoms. The first-order chi connectivity index (χ1) is 5.54. The largest absolute Gasteiger partial charge is 0.377 e. The second-order valence-electron chi connectivity index (χ2n) is 3.63. The molecule has 0 saturated carbocycles. The van der Waals surface area contributed by atoms with Gasteiger partial charge in [-0.2, -0.15) is 0 Å². The topological polar surface area (TPSA) is 35.2 Å². The zero-order valence-electron chi connectivity index (χ0n) is 8.47. The Bertz CT molecular complexity index is 132. The zero-order valence-corrected chi connectivity index (χ0v) is 8.47. The van der Waals surface area contributed by atoms with E-state index in [0.29, 0.717) is 0 Å². The lowest BCUT2D eigenvalue weighted by Gasteiger charge is -2.30. The van der Waals surface area contributed by atoms with Crippen molar-refractivity contribution >= 4 is 0 Å². The highest BCUT2D eigenvalue weighted by atomic mass is 16.5. The van der Waals surface area contributed by atoms with E-state index in [2.05, 4.69) is 6.58 Å². The summed E-state index contributed by atoms with van der Waals surface area (Å²) in [6.07, 6.45) is 5.05. The predicted octanol–water partition coefficient (Wildman–Crippen LogP) is 2.09. The van der Waals surface area contributed by atoms with Gasteiger partial charge in [-0.3, -0.25) is 0 Å². The van der Waals surface area contributed by atoms with E-state index < -0.39 is 0 Å². The van der Waals surface area contributed by atoms with E-state index in [1.165, 1.54) is 0 Å². The van der Waals surface area contributed by atoms with Crippen molar-refractivity contribution in [3.63, 3.8) is 0 Å². The standard InChI is InChI=1S/C10H21NO/c1-5-6-7-8-9(11)10(2,3)12-4/h5,9H,1,6-8,11H2,2-4H3. The molecule has 0 aliphatic rings. The summed E-state index contributed by atoms with van der Waals surface area (Å²) in [6.45, 7) is 7.71. The molecular weight excluding hydrogens is 150 g/mol. The lowest BCUT2D eigenvalue weighted by Crippen LogP contribution is -2.44. The van der Waals surface area contributed by atoms with E-state index in [1.807, 2.05) is 19.9 Å². The summed E-state index contributed by atoms with van der Waals surface area (Å²) < 4.78 is 5.28. The second-order valence-corrected chi connectivity index (χ2v) is 3.63. The van der Waals surface area contributed by atoms with Gasteiger partial charge in [0.15, 0.2) is 0 Å². The third-order valence-corrected chi connectivity index (χ3v) is 2.34. The van der Waals surface area contributed by atoms with Gasteiger partial charge >= 0.3 is 0 Å². The van der Waals surface area contributed by atoms with Crippen LogP contribution in [0, 0.1) is 0 Å². The lowest BCUT2D eigenvalue weighted by atomic mass is 9.94. The molecule has 0 bridgehead atoms. The number of hydrogen-bond acceptors (Lipinski definition) is 2. The number of hydrogen-bond donors (Lipinski definition) is 1. The molecule has 1 atom stereocenters. The number of methoxy groups -OCH3 is 1. The summed E-state index contributed by atoms with van der Waals surface area (Å²) in [5.74, 6) is 0. The van der Waals surface area contributed by atoms with Crippen LogP contribution in [0.1, 0.15) is 33.1 Å². The van der Waals surface area contributed by atoms with E-state index in [9.17, 15) is 0 Å². The van der Waals surface area contributed by atoms with Crippen molar-refractivity contribution in [2.45, 2.75) is 44.8 Å². The Balaban J connectivity index is 3.70. The summed E-state index contributed by atoms with van der Waals surface area (Å²) in [4.78, 5) is 0. The van der Waals surface area contributed by atoms with Crippen molar-refractivity contribution in [2.24, 2.45) is 5.73 Å². The maximum Gasteiger partial charge on any atom is 0.0772 e. The number of rotatable bonds is 6. The highest BCUT2D eigenvalue weighted by Crippen LogP contribution is 2.16. The maximum absolute atomic E-state index is 5.94. The summed E-state index contributed by atoms with van der Waals surface area (Å²) in [5, 5.41) is 0. The first kappa shape index (κ1) is 11.7. The van der Waals surface area contributed by atoms with Gasteiger partial charge in [0.25, 0.3) is 0 Å². The summed E-state index contributed by atoms with van der Waals surface area (Å²) in [6, 6.07) is 0.113. The van der Waals surface area contributed by atoms with Crippen LogP contribution < -0.4 is 5.73 Å². The molecule has 2 N–H and O–H groups in total. The van der Waals surface area contributed by atoms with Gasteiger partial charge in [0.1, 0.15) is 0 Å². The quantitative estimate of drug-likeness (QED) is 0.490. The summed E-state index contributed by atoms with van der Waals surface area (Å²) in [7, 11) is 1.70. The van der Waals surface area contributed by atoms with E-state index in [-0.39, 0.29) is 11.6 Å². The molecule has 1 unspecified atom stereocenters. The molecule has 0 rings (SSSR count). The van der Waals surface area contributed by atoms with Gasteiger partial charge in [-0.15, -0.1) is 6.58 Å². The van der Waals surface area contributed by atoms with Crippen LogP contribution in [-0.4, -0.2) is 18.8 Å². The smallest absolute Gasteiger partial charge is 0.0772 e. The normalized spacial score (nSPS) is 14.3. The van der Waals surface area contributed by atoms with Crippen LogP contribution >= 0.6 is 0 Å². The fourth-order valence-corrected chi connectivity index (χ4v) is 0.981. The molecule has 0 saturated heterocycles. The third kappa shape index (κ3) is 3.88. The Morgan fingerprint density at radius 1 is 1.58 bits per heavy atom. The number of ether oxygens (including phenoxy) is 1. The minimum atomic E-state index is -0.207. The van der Waals surface area contributed by atoms with E-state index in [1.54, 1.807) is 7.11 Å². The van der Waals surface area contributed by atoms with E-state index in [0.717, 1.165) is 19.3 Å². The van der Waals surface area contributed by atoms with Crippen molar-refractivity contribution in [2.75, 3.05) is 7.11 Å². The Morgan fingerprint density at radius 3 is 2.58 bits per heavy atom. The zero-order chi connectivity index (χ0) is 9.61. The van der Waals surface area contributed by atoms with Gasteiger partial charge in [-0.05, 0) is 33.1 Å². The molecule has 0 radical (unpaired) electrons. The van der Waals surface area contributed by atoms with Crippen molar-refractivity contribution in [1.82, 2.24) is 0 Å². The number of allylic oxidation sites excluding steroid dienone is 1. The first-order valence-corrected chi connectivity index (χ1v) is 4.46. The molecule has 0 aromatic rings. The number of unbranched alkanes of at least 4 members (excludes halogenated alkanes) is 1. The minimum absolute atomic E-state index is 0.113. The van der Waals surface area contributed by atoms with Crippen LogP contribution in [0.3, 0.4) is 0 Å². The summed E-state index contributed by atoms with van der Waals surface area (Å²) >= 11 is 0. The second kappa shape index (κ2) is 5.33. The fourth-order valence-electron chi connectivity index (χ4n) is 0.981. The SMILES string of the molecule is C=CCCCC(N)C(C)(C)OC. The first-order valence-electron chi connectivity index (χ1n) is 4.46. The Kier molecular flexibility index (Phi) is 5.18. The van der Waals surface area contributed by atoms with Gasteiger partial charge in [-0.25, -0.2) is 0 Å². The summed E-state index contributed by atoms with van der Waals surface area (Å²) in [5.41, 5.74) is 5.74. The lowest BCUT2D eigenvalue weighted by molar-refractivity contribution is -0.00181. The molecule has 0 heterocycles. The molecule has 0 spiro atoms. The highest BCUT2D eigenvalue weighted by Gasteiger charge is 2.24. The molecule has 0 aliphatic heterocycles. The van der Waals surface area contributed by atoms with Gasteiger partial charge < -0.3 is 10.5 Å². The molecule has 0 aliphatic carbocycles. The molecule has 2 nitrogen and oxygen atoms in total. The Hall–Kier alpha value is -0.340. The molecule has 12 heavy (non-hydrogen) atoms. The van der Waals surface area contributed by atoms with E-state index >= 15 is 0 Å². The van der Waals surface area contributed by atoms with Crippen molar-refractivity contribution in [3.8, 4) is 0 Å². The van der Waals surface area contributed by atoms with Crippen molar-refractivity contribution in [1.29, 1.82) is 0 Å². The molecule has 0 aromatic carbocycles. The predicted molar refractivity (Wildman–Crippen MR) is 53.1 cm³/mol. The average Bonchev–Trinajstić information content (AvgIpc) is 2.05. The van der Waals surface area contributed by atoms with Gasteiger partial charge in [-0.1, -0.05) is 6.08 Å². The number of nitrogens with two attached hydrogens (primary N) is 1. The maximum atomic E-state index is 5.94. The Labute approximate surface area is 75.8 Å². The van der Waals surface area contributed by atoms with Crippen molar-refractivity contribution in [3.05, 3.63) is 12.7 Å². The van der Waals surface area contributed by atoms with Crippen molar-refractivity contribution < 1.29 is 4.74 Å². The molecule has 0 fully saturated rings. The van der Waals surface area contributed by atoms with Crippen LogP contribution in [0.15, 0.2) is 12.7 Å². The Morgan fingerprint density at radius 2 is 2.17 bits per heavy atom. The highest BCUT2D eigenvalue weighted by molar-refractivity contribution is 4.82. The molecular formula is C10H21NO. The molecule has 72 valence electrons. The van der Waals surface area contributed by atoms with Gasteiger partial charge in [0.2, 0.25) is 0 Å². The van der Waals surface area contributed by atoms with Crippen LogP contribution in [0.25, 0.3) is 0 Å². The minimum Gasteiger partial charge on any atom is -0.377 e. The van der Waals surface area contributed by atoms with Gasteiger partial charge in [0, 0.05) is 13.2 Å². The van der Waals surface area contributed by atoms with Crippen LogP contribution in [0.4, 0.5) is 0 Å². The fraction of sp³-hybridized carbons (Fsp3) is 0.800. The van der Waals surface area contributed by atoms with Crippen LogP contribution in [0.5, 0.6) is 0 Å². The van der Waals surface area contributed by atoms with Crippen LogP contribution in [-0.2, 0) is 4.74 Å². The van der Waals surface area contributed by atoms with E-state index in [4.69, 9.17) is 10.5 Å². The van der Waals surface area contributed by atoms with Crippen LogP contribution in [0.2, 0.25) is 0 Å². The third-order valence-electron chi connectivity index (χ3n) is 2.34. The van der Waals surface area contributed by atoms with Gasteiger partial charge in [0.05, 0.1) is 5.60 Å². The average molecular weight is 171 g/mol.